The van der Waals surface area contributed by atoms with E-state index < -0.39 is 12.1 Å². The van der Waals surface area contributed by atoms with E-state index >= 15 is 0 Å². The number of rotatable bonds is 8. The maximum atomic E-state index is 13.0. The number of carbonyl (C=O) groups excluding carboxylic acids is 3. The summed E-state index contributed by atoms with van der Waals surface area (Å²) < 4.78 is 0. The van der Waals surface area contributed by atoms with Crippen LogP contribution in [0.1, 0.15) is 69.4 Å². The van der Waals surface area contributed by atoms with Gasteiger partial charge >= 0.3 is 0 Å². The lowest BCUT2D eigenvalue weighted by Gasteiger charge is -2.28. The molecule has 31 heavy (non-hydrogen) atoms. The van der Waals surface area contributed by atoms with Gasteiger partial charge in [0.25, 0.3) is 0 Å². The molecule has 1 aromatic carbocycles. The van der Waals surface area contributed by atoms with E-state index in [0.717, 1.165) is 30.4 Å². The molecule has 2 aliphatic rings. The van der Waals surface area contributed by atoms with Gasteiger partial charge in [0, 0.05) is 26.1 Å². The van der Waals surface area contributed by atoms with Crippen molar-refractivity contribution >= 4 is 17.7 Å². The van der Waals surface area contributed by atoms with Gasteiger partial charge in [0.1, 0.15) is 12.1 Å². The summed E-state index contributed by atoms with van der Waals surface area (Å²) in [5.41, 5.74) is 7.65. The van der Waals surface area contributed by atoms with Crippen LogP contribution in [0.4, 0.5) is 0 Å². The molecule has 0 aromatic heterocycles. The Labute approximate surface area is 185 Å². The topological polar surface area (TPSA) is 105 Å². The summed E-state index contributed by atoms with van der Waals surface area (Å²) in [5.74, 6) is 0.0468. The van der Waals surface area contributed by atoms with Crippen LogP contribution in [-0.2, 0) is 27.5 Å². The summed E-state index contributed by atoms with van der Waals surface area (Å²) in [4.78, 5) is 39.7. The minimum atomic E-state index is -0.617. The Hall–Kier alpha value is -2.41. The van der Waals surface area contributed by atoms with Crippen LogP contribution in [-0.4, -0.2) is 41.2 Å². The van der Waals surface area contributed by atoms with Gasteiger partial charge in [-0.3, -0.25) is 14.4 Å². The lowest BCUT2D eigenvalue weighted by atomic mass is 9.87. The van der Waals surface area contributed by atoms with Crippen LogP contribution in [0.5, 0.6) is 0 Å². The molecule has 3 amide bonds. The predicted molar refractivity (Wildman–Crippen MR) is 120 cm³/mol. The second-order valence-electron chi connectivity index (χ2n) is 8.93. The van der Waals surface area contributed by atoms with Crippen molar-refractivity contribution in [1.29, 1.82) is 0 Å². The van der Waals surface area contributed by atoms with Crippen molar-refractivity contribution in [3.8, 4) is 0 Å². The highest BCUT2D eigenvalue weighted by Gasteiger charge is 2.36. The van der Waals surface area contributed by atoms with Gasteiger partial charge in [-0.1, -0.05) is 43.5 Å². The van der Waals surface area contributed by atoms with Crippen LogP contribution in [0.15, 0.2) is 24.3 Å². The number of likely N-dealkylation sites (tertiary alicyclic amines) is 1. The highest BCUT2D eigenvalue weighted by Crippen LogP contribution is 2.26. The van der Waals surface area contributed by atoms with Crippen molar-refractivity contribution in [2.75, 3.05) is 6.54 Å². The monoisotopic (exact) mass is 428 g/mol. The molecule has 2 fully saturated rings. The molecule has 1 saturated carbocycles. The quantitative estimate of drug-likeness (QED) is 0.590. The first-order valence-electron chi connectivity index (χ1n) is 11.6. The molecule has 1 aromatic rings. The molecule has 7 nitrogen and oxygen atoms in total. The van der Waals surface area contributed by atoms with Gasteiger partial charge in [0.2, 0.25) is 17.7 Å². The lowest BCUT2D eigenvalue weighted by molar-refractivity contribution is -0.141. The molecule has 1 aliphatic carbocycles. The number of hydrogen-bond donors (Lipinski definition) is 3. The Morgan fingerprint density at radius 1 is 1.03 bits per heavy atom. The van der Waals surface area contributed by atoms with Gasteiger partial charge in [0.05, 0.1) is 0 Å². The Morgan fingerprint density at radius 3 is 2.39 bits per heavy atom. The zero-order chi connectivity index (χ0) is 22.2. The molecule has 4 N–H and O–H groups in total. The predicted octanol–water partition coefficient (Wildman–Crippen LogP) is 2.23. The van der Waals surface area contributed by atoms with E-state index in [4.69, 9.17) is 5.73 Å². The van der Waals surface area contributed by atoms with Crippen LogP contribution in [0.2, 0.25) is 0 Å². The molecule has 1 heterocycles. The normalized spacial score (nSPS) is 20.3. The van der Waals surface area contributed by atoms with E-state index in [1.54, 1.807) is 11.8 Å². The van der Waals surface area contributed by atoms with Gasteiger partial charge in [-0.15, -0.1) is 0 Å². The Kier molecular flexibility index (Phi) is 8.46. The summed E-state index contributed by atoms with van der Waals surface area (Å²) in [5, 5.41) is 5.81. The van der Waals surface area contributed by atoms with Gasteiger partial charge in [-0.25, -0.2) is 0 Å². The summed E-state index contributed by atoms with van der Waals surface area (Å²) in [6.07, 6.45) is 7.75. The van der Waals surface area contributed by atoms with E-state index in [9.17, 15) is 14.4 Å². The number of carbonyl (C=O) groups is 3. The van der Waals surface area contributed by atoms with Gasteiger partial charge < -0.3 is 21.3 Å². The molecule has 2 atom stereocenters. The van der Waals surface area contributed by atoms with E-state index in [2.05, 4.69) is 10.6 Å². The Bertz CT molecular complexity index is 759. The first-order valence-corrected chi connectivity index (χ1v) is 11.6. The molecule has 0 bridgehead atoms. The molecule has 2 unspecified atom stereocenters. The fraction of sp³-hybridized carbons (Fsp3) is 0.625. The van der Waals surface area contributed by atoms with E-state index in [1.807, 2.05) is 24.3 Å². The SMILES string of the molecule is CC(NC(=O)CC1CCCCC1)C(=O)N1CCCC1C(=O)NCc1ccc(CN)cc1. The fourth-order valence-corrected chi connectivity index (χ4v) is 4.67. The minimum Gasteiger partial charge on any atom is -0.350 e. The first kappa shape index (κ1) is 23.3. The second kappa shape index (κ2) is 11.3. The number of hydrogen-bond acceptors (Lipinski definition) is 4. The third-order valence-corrected chi connectivity index (χ3v) is 6.51. The van der Waals surface area contributed by atoms with E-state index in [0.29, 0.717) is 38.4 Å². The summed E-state index contributed by atoms with van der Waals surface area (Å²) in [6.45, 7) is 3.16. The standard InChI is InChI=1S/C24H36N4O3/c1-17(27-22(29)14-18-6-3-2-4-7-18)24(31)28-13-5-8-21(28)23(30)26-16-20-11-9-19(15-25)10-12-20/h9-12,17-18,21H,2-8,13-16,25H2,1H3,(H,26,30)(H,27,29). The summed E-state index contributed by atoms with van der Waals surface area (Å²) >= 11 is 0. The maximum Gasteiger partial charge on any atom is 0.245 e. The molecule has 1 aliphatic heterocycles. The van der Waals surface area contributed by atoms with Crippen LogP contribution in [0, 0.1) is 5.92 Å². The van der Waals surface area contributed by atoms with Crippen molar-refractivity contribution < 1.29 is 14.4 Å². The van der Waals surface area contributed by atoms with Crippen LogP contribution in [0.3, 0.4) is 0 Å². The van der Waals surface area contributed by atoms with Crippen LogP contribution < -0.4 is 16.4 Å². The van der Waals surface area contributed by atoms with E-state index in [1.165, 1.54) is 19.3 Å². The molecule has 0 radical (unpaired) electrons. The third kappa shape index (κ3) is 6.53. The summed E-state index contributed by atoms with van der Waals surface area (Å²) in [6, 6.07) is 6.70. The summed E-state index contributed by atoms with van der Waals surface area (Å²) in [7, 11) is 0. The van der Waals surface area contributed by atoms with Gasteiger partial charge in [0.15, 0.2) is 0 Å². The lowest BCUT2D eigenvalue weighted by Crippen LogP contribution is -2.52. The Balaban J connectivity index is 1.48. The number of amides is 3. The fourth-order valence-electron chi connectivity index (χ4n) is 4.67. The number of nitrogens with zero attached hydrogens (tertiary/aromatic N) is 1. The molecule has 7 heteroatoms. The highest BCUT2D eigenvalue weighted by molar-refractivity contribution is 5.92. The minimum absolute atomic E-state index is 0.0612. The van der Waals surface area contributed by atoms with Crippen molar-refractivity contribution in [3.05, 3.63) is 35.4 Å². The zero-order valence-electron chi connectivity index (χ0n) is 18.6. The second-order valence-corrected chi connectivity index (χ2v) is 8.93. The third-order valence-electron chi connectivity index (χ3n) is 6.51. The van der Waals surface area contributed by atoms with Crippen molar-refractivity contribution in [1.82, 2.24) is 15.5 Å². The van der Waals surface area contributed by atoms with Crippen LogP contribution in [0.25, 0.3) is 0 Å². The number of benzene rings is 1. The molecule has 3 rings (SSSR count). The first-order chi connectivity index (χ1) is 15.0. The molecular weight excluding hydrogens is 392 g/mol. The largest absolute Gasteiger partial charge is 0.350 e. The average molecular weight is 429 g/mol. The highest BCUT2D eigenvalue weighted by atomic mass is 16.2. The van der Waals surface area contributed by atoms with Crippen molar-refractivity contribution in [2.45, 2.75) is 83.5 Å². The van der Waals surface area contributed by atoms with Crippen molar-refractivity contribution in [3.63, 3.8) is 0 Å². The molecule has 170 valence electrons. The van der Waals surface area contributed by atoms with Crippen molar-refractivity contribution in [2.24, 2.45) is 11.7 Å². The zero-order valence-corrected chi connectivity index (χ0v) is 18.6. The Morgan fingerprint density at radius 2 is 1.71 bits per heavy atom. The number of nitrogens with one attached hydrogen (secondary N) is 2. The van der Waals surface area contributed by atoms with E-state index in [-0.39, 0.29) is 17.7 Å². The van der Waals surface area contributed by atoms with Gasteiger partial charge in [-0.05, 0) is 49.7 Å². The maximum absolute atomic E-state index is 13.0. The molecule has 1 saturated heterocycles. The average Bonchev–Trinajstić information content (AvgIpc) is 3.28. The molecule has 0 spiro atoms. The number of nitrogens with two attached hydrogens (primary N) is 1. The van der Waals surface area contributed by atoms with Gasteiger partial charge in [-0.2, -0.15) is 0 Å². The molecular formula is C24H36N4O3. The van der Waals surface area contributed by atoms with Crippen LogP contribution >= 0.6 is 0 Å². The smallest absolute Gasteiger partial charge is 0.245 e.